The van der Waals surface area contributed by atoms with Crippen LogP contribution in [-0.4, -0.2) is 22.6 Å². The topological polar surface area (TPSA) is 81.0 Å². The smallest absolute Gasteiger partial charge is 0.254 e. The number of nitrogens with two attached hydrogens (primary N) is 1. The molecule has 5 heteroatoms. The van der Waals surface area contributed by atoms with Gasteiger partial charge in [0, 0.05) is 0 Å². The Morgan fingerprint density at radius 2 is 2.43 bits per heavy atom. The summed E-state index contributed by atoms with van der Waals surface area (Å²) in [4.78, 5) is 17.2. The summed E-state index contributed by atoms with van der Waals surface area (Å²) in [5.41, 5.74) is 5.30. The quantitative estimate of drug-likeness (QED) is 0.705. The third kappa shape index (κ3) is 1.93. The van der Waals surface area contributed by atoms with Gasteiger partial charge in [-0.3, -0.25) is 4.79 Å². The molecule has 5 nitrogen and oxygen atoms in total. The molecule has 1 heterocycles. The van der Waals surface area contributed by atoms with E-state index in [0.29, 0.717) is 18.3 Å². The SMILES string of the molecule is NCC1CC(Oc2cc(=O)[nH]cn2)C1. The van der Waals surface area contributed by atoms with Crippen molar-refractivity contribution in [3.05, 3.63) is 22.7 Å². The summed E-state index contributed by atoms with van der Waals surface area (Å²) in [5.74, 6) is 0.969. The molecule has 0 aromatic carbocycles. The molecule has 1 fully saturated rings. The largest absolute Gasteiger partial charge is 0.474 e. The van der Waals surface area contributed by atoms with Crippen LogP contribution in [0.25, 0.3) is 0 Å². The van der Waals surface area contributed by atoms with Gasteiger partial charge in [-0.05, 0) is 25.3 Å². The lowest BCUT2D eigenvalue weighted by Crippen LogP contribution is -2.38. The number of aromatic nitrogens is 2. The third-order valence-corrected chi connectivity index (χ3v) is 2.47. The first kappa shape index (κ1) is 9.21. The van der Waals surface area contributed by atoms with Gasteiger partial charge < -0.3 is 15.5 Å². The van der Waals surface area contributed by atoms with E-state index in [1.54, 1.807) is 0 Å². The number of hydrogen-bond donors (Lipinski definition) is 2. The van der Waals surface area contributed by atoms with E-state index in [2.05, 4.69) is 9.97 Å². The molecular formula is C9H13N3O2. The van der Waals surface area contributed by atoms with Gasteiger partial charge in [-0.1, -0.05) is 0 Å². The number of H-pyrrole nitrogens is 1. The van der Waals surface area contributed by atoms with Crippen LogP contribution in [0.1, 0.15) is 12.8 Å². The molecule has 76 valence electrons. The van der Waals surface area contributed by atoms with Crippen molar-refractivity contribution in [3.63, 3.8) is 0 Å². The van der Waals surface area contributed by atoms with Crippen molar-refractivity contribution in [1.82, 2.24) is 9.97 Å². The van der Waals surface area contributed by atoms with Crippen LogP contribution >= 0.6 is 0 Å². The Morgan fingerprint density at radius 3 is 3.07 bits per heavy atom. The second kappa shape index (κ2) is 3.79. The van der Waals surface area contributed by atoms with Crippen molar-refractivity contribution >= 4 is 0 Å². The lowest BCUT2D eigenvalue weighted by atomic mass is 9.82. The van der Waals surface area contributed by atoms with Crippen LogP contribution in [0.15, 0.2) is 17.2 Å². The normalized spacial score (nSPS) is 25.5. The van der Waals surface area contributed by atoms with Gasteiger partial charge in [0.25, 0.3) is 5.56 Å². The van der Waals surface area contributed by atoms with Crippen LogP contribution in [0.3, 0.4) is 0 Å². The van der Waals surface area contributed by atoms with Gasteiger partial charge in [0.15, 0.2) is 0 Å². The van der Waals surface area contributed by atoms with Gasteiger partial charge >= 0.3 is 0 Å². The summed E-state index contributed by atoms with van der Waals surface area (Å²) >= 11 is 0. The Morgan fingerprint density at radius 1 is 1.64 bits per heavy atom. The average Bonchev–Trinajstić information content (AvgIpc) is 2.10. The van der Waals surface area contributed by atoms with Crippen molar-refractivity contribution in [2.24, 2.45) is 11.7 Å². The van der Waals surface area contributed by atoms with Crippen LogP contribution in [0.2, 0.25) is 0 Å². The summed E-state index contributed by atoms with van der Waals surface area (Å²) in [6.45, 7) is 0.711. The number of ether oxygens (including phenoxy) is 1. The van der Waals surface area contributed by atoms with E-state index in [9.17, 15) is 4.79 Å². The van der Waals surface area contributed by atoms with Crippen LogP contribution in [0.4, 0.5) is 0 Å². The van der Waals surface area contributed by atoms with Crippen molar-refractivity contribution in [1.29, 1.82) is 0 Å². The fourth-order valence-corrected chi connectivity index (χ4v) is 1.55. The zero-order valence-corrected chi connectivity index (χ0v) is 7.77. The predicted octanol–water partition coefficient (Wildman–Crippen LogP) is -0.114. The number of aromatic amines is 1. The number of nitrogens with zero attached hydrogens (tertiary/aromatic N) is 1. The highest BCUT2D eigenvalue weighted by Crippen LogP contribution is 2.29. The van der Waals surface area contributed by atoms with Crippen molar-refractivity contribution in [2.75, 3.05) is 6.54 Å². The minimum absolute atomic E-state index is 0.179. The molecule has 2 rings (SSSR count). The van der Waals surface area contributed by atoms with E-state index in [-0.39, 0.29) is 11.7 Å². The van der Waals surface area contributed by atoms with E-state index in [1.165, 1.54) is 12.4 Å². The van der Waals surface area contributed by atoms with E-state index in [4.69, 9.17) is 10.5 Å². The van der Waals surface area contributed by atoms with Crippen LogP contribution in [-0.2, 0) is 0 Å². The second-order valence-electron chi connectivity index (χ2n) is 3.56. The lowest BCUT2D eigenvalue weighted by molar-refractivity contribution is 0.0646. The second-order valence-corrected chi connectivity index (χ2v) is 3.56. The van der Waals surface area contributed by atoms with Gasteiger partial charge in [-0.25, -0.2) is 4.98 Å². The maximum atomic E-state index is 10.9. The van der Waals surface area contributed by atoms with Crippen molar-refractivity contribution in [3.8, 4) is 5.88 Å². The Kier molecular flexibility index (Phi) is 2.49. The van der Waals surface area contributed by atoms with Gasteiger partial charge in [0.1, 0.15) is 6.10 Å². The standard InChI is InChI=1S/C9H13N3O2/c10-4-6-1-7(2-6)14-9-3-8(13)11-5-12-9/h3,5-7H,1-2,4,10H2,(H,11,12,13). The molecule has 0 unspecified atom stereocenters. The lowest BCUT2D eigenvalue weighted by Gasteiger charge is -2.33. The third-order valence-electron chi connectivity index (χ3n) is 2.47. The molecule has 1 aromatic heterocycles. The highest BCUT2D eigenvalue weighted by Gasteiger charge is 2.29. The number of hydrogen-bond acceptors (Lipinski definition) is 4. The van der Waals surface area contributed by atoms with E-state index >= 15 is 0 Å². The summed E-state index contributed by atoms with van der Waals surface area (Å²) in [6.07, 6.45) is 3.45. The molecule has 1 aliphatic rings. The molecule has 3 N–H and O–H groups in total. The molecule has 0 radical (unpaired) electrons. The van der Waals surface area contributed by atoms with Gasteiger partial charge in [0.05, 0.1) is 12.4 Å². The molecule has 0 atom stereocenters. The summed E-state index contributed by atoms with van der Waals surface area (Å²) < 4.78 is 5.48. The summed E-state index contributed by atoms with van der Waals surface area (Å²) in [5, 5.41) is 0. The Balaban J connectivity index is 1.90. The molecule has 0 bridgehead atoms. The number of rotatable bonds is 3. The maximum absolute atomic E-state index is 10.9. The molecule has 0 spiro atoms. The minimum atomic E-state index is -0.190. The van der Waals surface area contributed by atoms with E-state index in [0.717, 1.165) is 12.8 Å². The van der Waals surface area contributed by atoms with Crippen molar-refractivity contribution in [2.45, 2.75) is 18.9 Å². The van der Waals surface area contributed by atoms with Crippen LogP contribution in [0.5, 0.6) is 5.88 Å². The highest BCUT2D eigenvalue weighted by atomic mass is 16.5. The Bertz CT molecular complexity index is 357. The monoisotopic (exact) mass is 195 g/mol. The highest BCUT2D eigenvalue weighted by molar-refractivity contribution is 5.06. The predicted molar refractivity (Wildman–Crippen MR) is 51.1 cm³/mol. The first-order valence-electron chi connectivity index (χ1n) is 4.69. The summed E-state index contributed by atoms with van der Waals surface area (Å²) in [7, 11) is 0. The Hall–Kier alpha value is -1.36. The van der Waals surface area contributed by atoms with Gasteiger partial charge in [0.2, 0.25) is 5.88 Å². The van der Waals surface area contributed by atoms with E-state index < -0.39 is 0 Å². The first-order chi connectivity index (χ1) is 6.78. The van der Waals surface area contributed by atoms with Gasteiger partial charge in [-0.2, -0.15) is 0 Å². The van der Waals surface area contributed by atoms with E-state index in [1.807, 2.05) is 0 Å². The molecule has 1 aromatic rings. The zero-order valence-electron chi connectivity index (χ0n) is 7.77. The fraction of sp³-hybridized carbons (Fsp3) is 0.556. The van der Waals surface area contributed by atoms with Crippen LogP contribution < -0.4 is 16.0 Å². The molecule has 14 heavy (non-hydrogen) atoms. The maximum Gasteiger partial charge on any atom is 0.254 e. The molecule has 0 saturated heterocycles. The number of nitrogens with one attached hydrogen (secondary N) is 1. The van der Waals surface area contributed by atoms with Gasteiger partial charge in [-0.15, -0.1) is 0 Å². The first-order valence-corrected chi connectivity index (χ1v) is 4.69. The molecule has 1 aliphatic carbocycles. The molecular weight excluding hydrogens is 182 g/mol. The molecule has 1 saturated carbocycles. The minimum Gasteiger partial charge on any atom is -0.474 e. The average molecular weight is 195 g/mol. The molecule has 0 aliphatic heterocycles. The fourth-order valence-electron chi connectivity index (χ4n) is 1.55. The van der Waals surface area contributed by atoms with Crippen LogP contribution in [0, 0.1) is 5.92 Å². The molecule has 0 amide bonds. The zero-order chi connectivity index (χ0) is 9.97. The van der Waals surface area contributed by atoms with Crippen molar-refractivity contribution < 1.29 is 4.74 Å². The summed E-state index contributed by atoms with van der Waals surface area (Å²) in [6, 6.07) is 1.36. The Labute approximate surface area is 81.3 Å².